The van der Waals surface area contributed by atoms with E-state index in [9.17, 15) is 4.79 Å². The second-order valence-corrected chi connectivity index (χ2v) is 5.26. The Bertz CT molecular complexity index is 361. The molecule has 0 atom stereocenters. The van der Waals surface area contributed by atoms with Gasteiger partial charge in [-0.15, -0.1) is 0 Å². The Balaban J connectivity index is 2.80. The van der Waals surface area contributed by atoms with Crippen molar-refractivity contribution in [2.45, 2.75) is 40.0 Å². The number of carbonyl (C=O) groups is 1. The van der Waals surface area contributed by atoms with Gasteiger partial charge in [0.05, 0.1) is 5.41 Å². The Morgan fingerprint density at radius 2 is 1.75 bits per heavy atom. The second kappa shape index (κ2) is 4.69. The van der Waals surface area contributed by atoms with Gasteiger partial charge in [-0.05, 0) is 37.3 Å². The van der Waals surface area contributed by atoms with Crippen LogP contribution < -0.4 is 0 Å². The lowest BCUT2D eigenvalue weighted by Crippen LogP contribution is -2.26. The van der Waals surface area contributed by atoms with Gasteiger partial charge in [0, 0.05) is 0 Å². The zero-order valence-electron chi connectivity index (χ0n) is 10.4. The number of hydrogen-bond acceptors (Lipinski definition) is 1. The van der Waals surface area contributed by atoms with E-state index in [1.54, 1.807) is 13.8 Å². The third-order valence-corrected chi connectivity index (χ3v) is 2.87. The van der Waals surface area contributed by atoms with E-state index in [-0.39, 0.29) is 0 Å². The molecule has 0 bridgehead atoms. The molecule has 0 spiro atoms. The predicted octanol–water partition coefficient (Wildman–Crippen LogP) is 3.46. The fourth-order valence-corrected chi connectivity index (χ4v) is 1.61. The fraction of sp³-hybridized carbons (Fsp3) is 0.500. The molecule has 0 aliphatic rings. The van der Waals surface area contributed by atoms with Crippen molar-refractivity contribution in [1.82, 2.24) is 0 Å². The minimum absolute atomic E-state index is 0.515. The van der Waals surface area contributed by atoms with Crippen LogP contribution in [0, 0.1) is 5.41 Å². The van der Waals surface area contributed by atoms with Crippen LogP contribution in [0.1, 0.15) is 44.7 Å². The summed E-state index contributed by atoms with van der Waals surface area (Å²) in [4.78, 5) is 11.0. The number of carboxylic acids is 1. The molecular weight excluding hydrogens is 200 g/mol. The molecule has 0 unspecified atom stereocenters. The molecule has 1 aromatic rings. The highest BCUT2D eigenvalue weighted by Gasteiger charge is 2.27. The second-order valence-electron chi connectivity index (χ2n) is 5.26. The highest BCUT2D eigenvalue weighted by atomic mass is 16.4. The highest BCUT2D eigenvalue weighted by molar-refractivity contribution is 5.74. The fourth-order valence-electron chi connectivity index (χ4n) is 1.61. The molecule has 2 nitrogen and oxygen atoms in total. The summed E-state index contributed by atoms with van der Waals surface area (Å²) < 4.78 is 0. The van der Waals surface area contributed by atoms with Crippen molar-refractivity contribution in [3.63, 3.8) is 0 Å². The van der Waals surface area contributed by atoms with Gasteiger partial charge < -0.3 is 5.11 Å². The van der Waals surface area contributed by atoms with Crippen molar-refractivity contribution in [3.05, 3.63) is 35.4 Å². The summed E-state index contributed by atoms with van der Waals surface area (Å²) in [5.74, 6) is -0.234. The van der Waals surface area contributed by atoms with Gasteiger partial charge in [-0.2, -0.15) is 0 Å². The van der Waals surface area contributed by atoms with E-state index in [4.69, 9.17) is 5.11 Å². The van der Waals surface area contributed by atoms with E-state index < -0.39 is 11.4 Å². The molecule has 88 valence electrons. The maximum Gasteiger partial charge on any atom is 0.309 e. The van der Waals surface area contributed by atoms with Gasteiger partial charge in [-0.3, -0.25) is 4.79 Å². The van der Waals surface area contributed by atoms with E-state index in [0.717, 1.165) is 5.56 Å². The third-order valence-electron chi connectivity index (χ3n) is 2.87. The smallest absolute Gasteiger partial charge is 0.309 e. The summed E-state index contributed by atoms with van der Waals surface area (Å²) >= 11 is 0. The average Bonchev–Trinajstić information content (AvgIpc) is 2.17. The molecule has 2 heteroatoms. The normalized spacial score (nSPS) is 11.8. The predicted molar refractivity (Wildman–Crippen MR) is 65.7 cm³/mol. The van der Waals surface area contributed by atoms with E-state index in [0.29, 0.717) is 12.3 Å². The van der Waals surface area contributed by atoms with Crippen molar-refractivity contribution in [1.29, 1.82) is 0 Å². The van der Waals surface area contributed by atoms with Crippen LogP contribution in [0.4, 0.5) is 0 Å². The molecule has 0 aromatic heterocycles. The van der Waals surface area contributed by atoms with Gasteiger partial charge in [-0.1, -0.05) is 38.1 Å². The topological polar surface area (TPSA) is 37.3 Å². The minimum atomic E-state index is -0.750. The lowest BCUT2D eigenvalue weighted by Gasteiger charge is -2.19. The molecule has 1 aromatic carbocycles. The molecule has 16 heavy (non-hydrogen) atoms. The maximum absolute atomic E-state index is 11.0. The number of aliphatic carboxylic acids is 1. The number of rotatable bonds is 4. The molecule has 1 rings (SSSR count). The Kier molecular flexibility index (Phi) is 3.74. The van der Waals surface area contributed by atoms with Crippen LogP contribution >= 0.6 is 0 Å². The number of carboxylic acid groups (broad SMARTS) is 1. The summed E-state index contributed by atoms with van der Waals surface area (Å²) in [5, 5.41) is 9.05. The first-order chi connectivity index (χ1) is 7.33. The maximum atomic E-state index is 11.0. The summed E-state index contributed by atoms with van der Waals surface area (Å²) in [6, 6.07) is 8.22. The van der Waals surface area contributed by atoms with Crippen molar-refractivity contribution in [3.8, 4) is 0 Å². The first-order valence-corrected chi connectivity index (χ1v) is 5.65. The van der Waals surface area contributed by atoms with E-state index in [2.05, 4.69) is 26.0 Å². The lowest BCUT2D eigenvalue weighted by atomic mass is 9.85. The van der Waals surface area contributed by atoms with Crippen LogP contribution in [-0.2, 0) is 11.2 Å². The van der Waals surface area contributed by atoms with Crippen LogP contribution in [-0.4, -0.2) is 11.1 Å². The summed E-state index contributed by atoms with van der Waals surface area (Å²) in [6.07, 6.45) is 0.570. The molecule has 0 aliphatic carbocycles. The Morgan fingerprint density at radius 3 is 2.12 bits per heavy atom. The van der Waals surface area contributed by atoms with Crippen molar-refractivity contribution in [2.75, 3.05) is 0 Å². The van der Waals surface area contributed by atoms with Crippen LogP contribution in [0.3, 0.4) is 0 Å². The van der Waals surface area contributed by atoms with Gasteiger partial charge in [0.1, 0.15) is 0 Å². The molecule has 0 fully saturated rings. The zero-order chi connectivity index (χ0) is 12.3. The lowest BCUT2D eigenvalue weighted by molar-refractivity contribution is -0.146. The standard InChI is InChI=1S/C14H20O2/c1-10(2)12-7-5-11(6-8-12)9-14(3,4)13(15)16/h5-8,10H,9H2,1-4H3,(H,15,16). The van der Waals surface area contributed by atoms with E-state index >= 15 is 0 Å². The van der Waals surface area contributed by atoms with Crippen LogP contribution in [0.25, 0.3) is 0 Å². The van der Waals surface area contributed by atoms with Crippen molar-refractivity contribution < 1.29 is 9.90 Å². The van der Waals surface area contributed by atoms with E-state index in [1.165, 1.54) is 5.56 Å². The van der Waals surface area contributed by atoms with Gasteiger partial charge in [0.25, 0.3) is 0 Å². The first kappa shape index (κ1) is 12.8. The molecular formula is C14H20O2. The zero-order valence-corrected chi connectivity index (χ0v) is 10.4. The van der Waals surface area contributed by atoms with Crippen molar-refractivity contribution >= 4 is 5.97 Å². The molecule has 0 heterocycles. The number of hydrogen-bond donors (Lipinski definition) is 1. The summed E-state index contributed by atoms with van der Waals surface area (Å²) in [7, 11) is 0. The molecule has 0 amide bonds. The van der Waals surface area contributed by atoms with Gasteiger partial charge >= 0.3 is 5.97 Å². The molecule has 1 N–H and O–H groups in total. The average molecular weight is 220 g/mol. The van der Waals surface area contributed by atoms with E-state index in [1.807, 2.05) is 12.1 Å². The van der Waals surface area contributed by atoms with Gasteiger partial charge in [0.15, 0.2) is 0 Å². The Labute approximate surface area is 97.3 Å². The van der Waals surface area contributed by atoms with Gasteiger partial charge in [-0.25, -0.2) is 0 Å². The first-order valence-electron chi connectivity index (χ1n) is 5.65. The Morgan fingerprint density at radius 1 is 1.25 bits per heavy atom. The van der Waals surface area contributed by atoms with Crippen LogP contribution in [0.5, 0.6) is 0 Å². The molecule has 0 saturated heterocycles. The van der Waals surface area contributed by atoms with Gasteiger partial charge in [0.2, 0.25) is 0 Å². The highest BCUT2D eigenvalue weighted by Crippen LogP contribution is 2.23. The molecule has 0 radical (unpaired) electrons. The molecule has 0 aliphatic heterocycles. The Hall–Kier alpha value is -1.31. The monoisotopic (exact) mass is 220 g/mol. The van der Waals surface area contributed by atoms with Crippen molar-refractivity contribution in [2.24, 2.45) is 5.41 Å². The van der Waals surface area contributed by atoms with Crippen LogP contribution in [0.2, 0.25) is 0 Å². The molecule has 0 saturated carbocycles. The van der Waals surface area contributed by atoms with Crippen LogP contribution in [0.15, 0.2) is 24.3 Å². The largest absolute Gasteiger partial charge is 0.481 e. The quantitative estimate of drug-likeness (QED) is 0.843. The SMILES string of the molecule is CC(C)c1ccc(CC(C)(C)C(=O)O)cc1. The number of benzene rings is 1. The summed E-state index contributed by atoms with van der Waals surface area (Å²) in [5.41, 5.74) is 1.67. The minimum Gasteiger partial charge on any atom is -0.481 e. The third kappa shape index (κ3) is 3.09. The summed E-state index contributed by atoms with van der Waals surface area (Å²) in [6.45, 7) is 7.81.